The number of methoxy groups -OCH3 is 2. The maximum atomic E-state index is 12.5. The highest BCUT2D eigenvalue weighted by Gasteiger charge is 2.23. The van der Waals surface area contributed by atoms with Gasteiger partial charge in [-0.15, -0.1) is 0 Å². The van der Waals surface area contributed by atoms with Gasteiger partial charge in [-0.1, -0.05) is 22.0 Å². The van der Waals surface area contributed by atoms with E-state index in [1.54, 1.807) is 51.6 Å². The molecule has 0 saturated carbocycles. The van der Waals surface area contributed by atoms with E-state index < -0.39 is 5.78 Å². The second-order valence-corrected chi connectivity index (χ2v) is 6.07. The molecule has 5 nitrogen and oxygen atoms in total. The topological polar surface area (TPSA) is 65.0 Å². The molecule has 0 saturated heterocycles. The minimum Gasteiger partial charge on any atom is -0.497 e. The molecule has 0 radical (unpaired) electrons. The lowest BCUT2D eigenvalue weighted by Crippen LogP contribution is -2.19. The number of nitrogens with zero attached hydrogens (tertiary/aromatic N) is 1. The SMILES string of the molecule is CN=C1CC=C(Br)C=C(C(=O)/C=C/c2cc(OC)ccc2OC)C1=O. The van der Waals surface area contributed by atoms with Gasteiger partial charge in [-0.05, 0) is 36.4 Å². The molecule has 0 fully saturated rings. The summed E-state index contributed by atoms with van der Waals surface area (Å²) in [4.78, 5) is 29.0. The molecule has 0 aliphatic heterocycles. The molecule has 6 heteroatoms. The summed E-state index contributed by atoms with van der Waals surface area (Å²) in [5.41, 5.74) is 1.09. The van der Waals surface area contributed by atoms with Crippen molar-refractivity contribution in [3.8, 4) is 11.5 Å². The minimum atomic E-state index is -0.400. The molecule has 25 heavy (non-hydrogen) atoms. The average Bonchev–Trinajstić information content (AvgIpc) is 2.77. The van der Waals surface area contributed by atoms with Gasteiger partial charge in [-0.3, -0.25) is 14.6 Å². The van der Waals surface area contributed by atoms with Gasteiger partial charge in [-0.2, -0.15) is 0 Å². The summed E-state index contributed by atoms with van der Waals surface area (Å²) in [6.45, 7) is 0. The van der Waals surface area contributed by atoms with Gasteiger partial charge in [0.1, 0.15) is 11.5 Å². The van der Waals surface area contributed by atoms with Crippen LogP contribution in [0.25, 0.3) is 6.08 Å². The second-order valence-electron chi connectivity index (χ2n) is 5.16. The van der Waals surface area contributed by atoms with Crippen molar-refractivity contribution in [1.29, 1.82) is 0 Å². The van der Waals surface area contributed by atoms with Gasteiger partial charge in [0.2, 0.25) is 5.78 Å². The summed E-state index contributed by atoms with van der Waals surface area (Å²) in [5.74, 6) is 0.482. The predicted molar refractivity (Wildman–Crippen MR) is 102 cm³/mol. The Bertz CT molecular complexity index is 819. The summed E-state index contributed by atoms with van der Waals surface area (Å²) in [6, 6.07) is 5.27. The third-order valence-electron chi connectivity index (χ3n) is 3.67. The molecule has 0 heterocycles. The summed E-state index contributed by atoms with van der Waals surface area (Å²) in [6.07, 6.45) is 6.66. The minimum absolute atomic E-state index is 0.0688. The number of allylic oxidation sites excluding steroid dienone is 5. The van der Waals surface area contributed by atoms with Gasteiger partial charge in [0.05, 0.1) is 25.5 Å². The van der Waals surface area contributed by atoms with Crippen LogP contribution < -0.4 is 9.47 Å². The molecule has 130 valence electrons. The first kappa shape index (κ1) is 18.9. The first-order valence-electron chi connectivity index (χ1n) is 7.52. The zero-order chi connectivity index (χ0) is 18.4. The molecular weight excluding hydrogens is 386 g/mol. The first-order chi connectivity index (χ1) is 12.0. The van der Waals surface area contributed by atoms with Gasteiger partial charge >= 0.3 is 0 Å². The van der Waals surface area contributed by atoms with Gasteiger partial charge in [-0.25, -0.2) is 0 Å². The monoisotopic (exact) mass is 403 g/mol. The van der Waals surface area contributed by atoms with Crippen molar-refractivity contribution in [2.75, 3.05) is 21.3 Å². The van der Waals surface area contributed by atoms with Crippen LogP contribution in [0.3, 0.4) is 0 Å². The van der Waals surface area contributed by atoms with Crippen LogP contribution in [-0.2, 0) is 9.59 Å². The number of rotatable bonds is 5. The molecule has 0 bridgehead atoms. The number of hydrogen-bond acceptors (Lipinski definition) is 5. The summed E-state index contributed by atoms with van der Waals surface area (Å²) >= 11 is 3.33. The van der Waals surface area contributed by atoms with Crippen molar-refractivity contribution in [1.82, 2.24) is 0 Å². The number of hydrogen-bond donors (Lipinski definition) is 0. The Hall–Kier alpha value is -2.47. The number of benzene rings is 1. The third-order valence-corrected chi connectivity index (χ3v) is 4.22. The molecule has 0 unspecified atom stereocenters. The molecule has 1 aromatic carbocycles. The molecule has 1 aliphatic carbocycles. The normalized spacial score (nSPS) is 16.5. The number of ether oxygens (including phenoxy) is 2. The lowest BCUT2D eigenvalue weighted by Gasteiger charge is -2.07. The highest BCUT2D eigenvalue weighted by atomic mass is 79.9. The molecule has 0 atom stereocenters. The van der Waals surface area contributed by atoms with E-state index in [2.05, 4.69) is 20.9 Å². The van der Waals surface area contributed by atoms with Crippen molar-refractivity contribution >= 4 is 39.3 Å². The fourth-order valence-electron chi connectivity index (χ4n) is 2.31. The van der Waals surface area contributed by atoms with Gasteiger partial charge in [0, 0.05) is 23.5 Å². The smallest absolute Gasteiger partial charge is 0.211 e. The Kier molecular flexibility index (Phi) is 6.47. The summed E-state index contributed by atoms with van der Waals surface area (Å²) in [7, 11) is 4.65. The Morgan fingerprint density at radius 1 is 1.28 bits per heavy atom. The Morgan fingerprint density at radius 2 is 2.04 bits per heavy atom. The van der Waals surface area contributed by atoms with E-state index in [0.717, 1.165) is 0 Å². The van der Waals surface area contributed by atoms with Crippen molar-refractivity contribution in [3.05, 3.63) is 52.0 Å². The average molecular weight is 404 g/mol. The van der Waals surface area contributed by atoms with E-state index in [9.17, 15) is 9.59 Å². The zero-order valence-electron chi connectivity index (χ0n) is 14.2. The van der Waals surface area contributed by atoms with Crippen LogP contribution in [0.5, 0.6) is 11.5 Å². The van der Waals surface area contributed by atoms with E-state index in [-0.39, 0.29) is 11.4 Å². The van der Waals surface area contributed by atoms with Crippen molar-refractivity contribution in [2.45, 2.75) is 6.42 Å². The molecule has 1 aliphatic rings. The molecule has 1 aromatic rings. The highest BCUT2D eigenvalue weighted by molar-refractivity contribution is 9.11. The number of halogens is 1. The third kappa shape index (κ3) is 4.54. The Labute approximate surface area is 154 Å². The van der Waals surface area contributed by atoms with Crippen molar-refractivity contribution < 1.29 is 19.1 Å². The predicted octanol–water partition coefficient (Wildman–Crippen LogP) is 3.53. The molecule has 2 rings (SSSR count). The lowest BCUT2D eigenvalue weighted by molar-refractivity contribution is -0.116. The molecular formula is C19H18BrNO4. The van der Waals surface area contributed by atoms with E-state index in [1.807, 2.05) is 0 Å². The maximum absolute atomic E-state index is 12.5. The number of aliphatic imine (C=N–C) groups is 1. The van der Waals surface area contributed by atoms with Crippen molar-refractivity contribution in [2.24, 2.45) is 4.99 Å². The zero-order valence-corrected chi connectivity index (χ0v) is 15.8. The largest absolute Gasteiger partial charge is 0.497 e. The van der Waals surface area contributed by atoms with Gasteiger partial charge < -0.3 is 9.47 Å². The maximum Gasteiger partial charge on any atom is 0.211 e. The lowest BCUT2D eigenvalue weighted by atomic mass is 10.0. The van der Waals surface area contributed by atoms with E-state index >= 15 is 0 Å². The fraction of sp³-hybridized carbons (Fsp3) is 0.211. The summed E-state index contributed by atoms with van der Waals surface area (Å²) in [5, 5.41) is 0. The molecule has 0 N–H and O–H groups in total. The van der Waals surface area contributed by atoms with Crippen LogP contribution in [-0.4, -0.2) is 38.5 Å². The molecule has 0 spiro atoms. The molecule has 0 amide bonds. The van der Waals surface area contributed by atoms with Gasteiger partial charge in [0.15, 0.2) is 5.78 Å². The van der Waals surface area contributed by atoms with Gasteiger partial charge in [0.25, 0.3) is 0 Å². The van der Waals surface area contributed by atoms with E-state index in [0.29, 0.717) is 33.7 Å². The van der Waals surface area contributed by atoms with Crippen LogP contribution >= 0.6 is 15.9 Å². The number of carbonyl (C=O) groups is 2. The number of carbonyl (C=O) groups excluding carboxylic acids is 2. The standard InChI is InChI=1S/C19H18BrNO4/c1-21-16-7-5-13(20)11-15(19(16)23)17(22)8-4-12-10-14(24-2)6-9-18(12)25-3/h4-6,8-11H,7H2,1-3H3/b8-4+,21-16?. The van der Waals surface area contributed by atoms with Crippen molar-refractivity contribution in [3.63, 3.8) is 0 Å². The fourth-order valence-corrected chi connectivity index (χ4v) is 2.70. The molecule has 0 aromatic heterocycles. The Morgan fingerprint density at radius 3 is 2.68 bits per heavy atom. The first-order valence-corrected chi connectivity index (χ1v) is 8.31. The van der Waals surface area contributed by atoms with E-state index in [1.165, 1.54) is 12.2 Å². The van der Waals surface area contributed by atoms with Crippen LogP contribution in [0.1, 0.15) is 12.0 Å². The van der Waals surface area contributed by atoms with Crippen LogP contribution in [0.2, 0.25) is 0 Å². The second kappa shape index (κ2) is 8.58. The van der Waals surface area contributed by atoms with Crippen LogP contribution in [0.4, 0.5) is 0 Å². The summed E-state index contributed by atoms with van der Waals surface area (Å²) < 4.78 is 11.1. The number of Topliss-reactive ketones (excluding diaryl/α,β-unsaturated/α-hetero) is 1. The Balaban J connectivity index is 2.34. The van der Waals surface area contributed by atoms with Crippen LogP contribution in [0.15, 0.2) is 51.5 Å². The number of ketones is 2. The quantitative estimate of drug-likeness (QED) is 0.556. The highest BCUT2D eigenvalue weighted by Crippen LogP contribution is 2.25. The van der Waals surface area contributed by atoms with Crippen LogP contribution in [0, 0.1) is 0 Å². The van der Waals surface area contributed by atoms with E-state index in [4.69, 9.17) is 9.47 Å².